The van der Waals surface area contributed by atoms with E-state index in [1.54, 1.807) is 0 Å². The molecule has 0 spiro atoms. The van der Waals surface area contributed by atoms with Crippen molar-refractivity contribution < 1.29 is 8.83 Å². The standard InChI is InChI=1S/C84H65N3O2/c1-50-42-44-54(52-24-11-9-12-25-52)46-70(50)85(68-40-22-34-62-60-32-20-38-66(83(3,4)5)79(60)88-81(62)68)77-58-30-17-15-28-56(58)48-72-74(77)64-36-19-37-65-75-73(87(72)76(64)65)49-57-29-16-18-31-59(57)78(75)86(71-47-55(45-43-51(71)2)53-26-13-10-14-27-53)69-41-23-35-63-61-33-21-39-67(84(6,7)8)80(61)89-82(63)69/h9-49H,1-8H3. The molecule has 17 aromatic rings. The molecule has 0 amide bonds. The second-order valence-corrected chi connectivity index (χ2v) is 26.5. The summed E-state index contributed by atoms with van der Waals surface area (Å²) in [5, 5.41) is 13.6. The maximum atomic E-state index is 7.41. The first-order chi connectivity index (χ1) is 43.3. The third-order valence-electron chi connectivity index (χ3n) is 18.9. The Kier molecular flexibility index (Phi) is 11.5. The van der Waals surface area contributed by atoms with Gasteiger partial charge in [0.05, 0.1) is 39.3 Å². The lowest BCUT2D eigenvalue weighted by Crippen LogP contribution is -2.13. The molecule has 0 atom stereocenters. The van der Waals surface area contributed by atoms with E-state index in [-0.39, 0.29) is 10.8 Å². The number of fused-ring (bicyclic) bond motifs is 14. The molecule has 4 aromatic heterocycles. The summed E-state index contributed by atoms with van der Waals surface area (Å²) >= 11 is 0. The van der Waals surface area contributed by atoms with E-state index in [4.69, 9.17) is 8.83 Å². The fourth-order valence-electron chi connectivity index (χ4n) is 14.7. The van der Waals surface area contributed by atoms with Crippen LogP contribution in [0.5, 0.6) is 0 Å². The van der Waals surface area contributed by atoms with E-state index in [0.717, 1.165) is 144 Å². The lowest BCUT2D eigenvalue weighted by Gasteiger charge is -2.30. The number of rotatable bonds is 8. The van der Waals surface area contributed by atoms with Gasteiger partial charge in [-0.15, -0.1) is 0 Å². The Morgan fingerprint density at radius 2 is 0.663 bits per heavy atom. The highest BCUT2D eigenvalue weighted by atomic mass is 16.3. The van der Waals surface area contributed by atoms with E-state index in [2.05, 4.69) is 318 Å². The number of furan rings is 2. The third-order valence-corrected chi connectivity index (χ3v) is 18.9. The van der Waals surface area contributed by atoms with Gasteiger partial charge in [-0.05, 0) is 105 Å². The van der Waals surface area contributed by atoms with Gasteiger partial charge in [0.15, 0.2) is 11.2 Å². The minimum Gasteiger partial charge on any atom is -0.454 e. The van der Waals surface area contributed by atoms with Crippen LogP contribution in [0.2, 0.25) is 0 Å². The van der Waals surface area contributed by atoms with E-state index >= 15 is 0 Å². The van der Waals surface area contributed by atoms with Crippen molar-refractivity contribution >= 4 is 138 Å². The second-order valence-electron chi connectivity index (χ2n) is 26.5. The molecule has 5 nitrogen and oxygen atoms in total. The van der Waals surface area contributed by atoms with Crippen LogP contribution in [-0.4, -0.2) is 4.40 Å². The summed E-state index contributed by atoms with van der Waals surface area (Å²) in [6.45, 7) is 18.2. The molecular weight excluding hydrogens is 1080 g/mol. The second kappa shape index (κ2) is 19.4. The van der Waals surface area contributed by atoms with Crippen LogP contribution in [0.15, 0.2) is 258 Å². The molecule has 0 saturated heterocycles. The van der Waals surface area contributed by atoms with Crippen LogP contribution in [-0.2, 0) is 10.8 Å². The number of hydrogen-bond acceptors (Lipinski definition) is 4. The molecule has 5 heteroatoms. The zero-order valence-corrected chi connectivity index (χ0v) is 51.3. The summed E-state index contributed by atoms with van der Waals surface area (Å²) in [4.78, 5) is 5.09. The van der Waals surface area contributed by atoms with Crippen molar-refractivity contribution in [2.45, 2.75) is 66.2 Å². The number of para-hydroxylation sites is 5. The van der Waals surface area contributed by atoms with E-state index in [9.17, 15) is 0 Å². The van der Waals surface area contributed by atoms with Crippen molar-refractivity contribution in [2.75, 3.05) is 9.80 Å². The van der Waals surface area contributed by atoms with Gasteiger partial charge in [0.2, 0.25) is 0 Å². The van der Waals surface area contributed by atoms with E-state index in [0.29, 0.717) is 0 Å². The lowest BCUT2D eigenvalue weighted by molar-refractivity contribution is 0.572. The molecule has 0 unspecified atom stereocenters. The van der Waals surface area contributed by atoms with Crippen LogP contribution in [0.3, 0.4) is 0 Å². The van der Waals surface area contributed by atoms with Gasteiger partial charge in [-0.3, -0.25) is 0 Å². The van der Waals surface area contributed by atoms with Crippen molar-refractivity contribution in [3.05, 3.63) is 271 Å². The number of hydrogen-bond donors (Lipinski definition) is 0. The Labute approximate surface area is 517 Å². The lowest BCUT2D eigenvalue weighted by atomic mass is 9.86. The van der Waals surface area contributed by atoms with E-state index in [1.807, 2.05) is 0 Å². The number of benzene rings is 13. The highest BCUT2D eigenvalue weighted by Crippen LogP contribution is 2.56. The quantitative estimate of drug-likeness (QED) is 0.152. The molecule has 0 saturated carbocycles. The first-order valence-electron chi connectivity index (χ1n) is 31.2. The van der Waals surface area contributed by atoms with E-state index in [1.165, 1.54) is 38.2 Å². The van der Waals surface area contributed by atoms with Gasteiger partial charge in [-0.2, -0.15) is 0 Å². The Hall–Kier alpha value is -10.6. The van der Waals surface area contributed by atoms with Crippen molar-refractivity contribution in [3.8, 4) is 22.3 Å². The molecule has 13 aromatic carbocycles. The van der Waals surface area contributed by atoms with Gasteiger partial charge in [-0.1, -0.05) is 254 Å². The molecule has 0 aliphatic rings. The average molecular weight is 1150 g/mol. The molecule has 0 aliphatic carbocycles. The molecule has 89 heavy (non-hydrogen) atoms. The first kappa shape index (κ1) is 52.7. The topological polar surface area (TPSA) is 37.2 Å². The largest absolute Gasteiger partial charge is 0.454 e. The van der Waals surface area contributed by atoms with Crippen LogP contribution in [0.4, 0.5) is 34.1 Å². The van der Waals surface area contributed by atoms with Crippen LogP contribution < -0.4 is 9.80 Å². The predicted molar refractivity (Wildman–Crippen MR) is 378 cm³/mol. The summed E-state index contributed by atoms with van der Waals surface area (Å²) in [5.74, 6) is 0. The van der Waals surface area contributed by atoms with Gasteiger partial charge in [-0.25, -0.2) is 0 Å². The average Bonchev–Trinajstić information content (AvgIpc) is 1.53. The fourth-order valence-corrected chi connectivity index (χ4v) is 14.7. The summed E-state index contributed by atoms with van der Waals surface area (Å²) in [7, 11) is 0. The van der Waals surface area contributed by atoms with Gasteiger partial charge in [0, 0.05) is 76.4 Å². The highest BCUT2D eigenvalue weighted by Gasteiger charge is 2.33. The summed E-state index contributed by atoms with van der Waals surface area (Å²) in [6, 6.07) is 92.0. The maximum absolute atomic E-state index is 7.41. The van der Waals surface area contributed by atoms with Gasteiger partial charge >= 0.3 is 0 Å². The Morgan fingerprint density at radius 3 is 1.09 bits per heavy atom. The number of nitrogens with zero attached hydrogens (tertiary/aromatic N) is 3. The highest BCUT2D eigenvalue weighted by molar-refractivity contribution is 6.34. The number of aromatic nitrogens is 1. The Morgan fingerprint density at radius 1 is 0.303 bits per heavy atom. The predicted octanol–water partition coefficient (Wildman–Crippen LogP) is 24.4. The summed E-state index contributed by atoms with van der Waals surface area (Å²) < 4.78 is 17.4. The fraction of sp³-hybridized carbons (Fsp3) is 0.119. The molecule has 0 aliphatic heterocycles. The van der Waals surface area contributed by atoms with Gasteiger partial charge < -0.3 is 23.0 Å². The minimum atomic E-state index is -0.149. The van der Waals surface area contributed by atoms with Gasteiger partial charge in [0.25, 0.3) is 0 Å². The smallest absolute Gasteiger partial charge is 0.159 e. The molecule has 0 N–H and O–H groups in total. The molecule has 0 fully saturated rings. The summed E-state index contributed by atoms with van der Waals surface area (Å²) in [6.07, 6.45) is 0. The van der Waals surface area contributed by atoms with Crippen molar-refractivity contribution in [3.63, 3.8) is 0 Å². The normalized spacial score (nSPS) is 12.5. The Bertz CT molecular complexity index is 5380. The zero-order valence-electron chi connectivity index (χ0n) is 51.3. The van der Waals surface area contributed by atoms with E-state index < -0.39 is 0 Å². The number of aryl methyl sites for hydroxylation is 2. The molecular formula is C84H65N3O2. The molecule has 0 radical (unpaired) electrons. The minimum absolute atomic E-state index is 0.149. The number of anilines is 6. The third kappa shape index (κ3) is 7.94. The SMILES string of the molecule is Cc1ccc(-c2ccccc2)cc1N(c1cccc2c1oc1c(C(C)(C)C)cccc12)c1c2ccccc2cc2c1c1cccc3c4c(N(c5cc(-c6ccccc6)ccc5C)c5cccc6c5oc5c(C(C)(C)C)cccc56)c5ccccc5cc4n2c13. The van der Waals surface area contributed by atoms with Crippen molar-refractivity contribution in [1.82, 2.24) is 4.40 Å². The van der Waals surface area contributed by atoms with Crippen molar-refractivity contribution in [2.24, 2.45) is 0 Å². The van der Waals surface area contributed by atoms with Crippen LogP contribution in [0.25, 0.3) is 126 Å². The van der Waals surface area contributed by atoms with Gasteiger partial charge in [0.1, 0.15) is 11.2 Å². The van der Waals surface area contributed by atoms with Crippen LogP contribution >= 0.6 is 0 Å². The van der Waals surface area contributed by atoms with Crippen LogP contribution in [0.1, 0.15) is 63.8 Å². The van der Waals surface area contributed by atoms with Crippen LogP contribution in [0, 0.1) is 13.8 Å². The maximum Gasteiger partial charge on any atom is 0.159 e. The first-order valence-corrected chi connectivity index (χ1v) is 31.2. The van der Waals surface area contributed by atoms with Crippen molar-refractivity contribution in [1.29, 1.82) is 0 Å². The molecule has 0 bridgehead atoms. The molecule has 4 heterocycles. The Balaban J connectivity index is 1.02. The monoisotopic (exact) mass is 1150 g/mol. The summed E-state index contributed by atoms with van der Waals surface area (Å²) in [5.41, 5.74) is 22.2. The zero-order chi connectivity index (χ0) is 60.2. The molecule has 17 rings (SSSR count). The molecule has 428 valence electrons.